The summed E-state index contributed by atoms with van der Waals surface area (Å²) in [6, 6.07) is 20.0. The smallest absolute Gasteiger partial charge is 0.115 e. The third-order valence-electron chi connectivity index (χ3n) is 4.31. The predicted octanol–water partition coefficient (Wildman–Crippen LogP) is 3.31. The Morgan fingerprint density at radius 2 is 1.28 bits per heavy atom. The Labute approximate surface area is 156 Å². The summed E-state index contributed by atoms with van der Waals surface area (Å²) in [5, 5.41) is 10.3. The lowest BCUT2D eigenvalue weighted by Gasteiger charge is -2.24. The van der Waals surface area contributed by atoms with Crippen molar-refractivity contribution in [1.29, 1.82) is 0 Å². The first kappa shape index (κ1) is 18.5. The van der Waals surface area contributed by atoms with Gasteiger partial charge in [-0.25, -0.2) is 0 Å². The Balaban J connectivity index is 1.66. The summed E-state index contributed by atoms with van der Waals surface area (Å²) < 4.78 is 18.1. The molecule has 3 rings (SSSR count). The third kappa shape index (κ3) is 4.90. The molecule has 25 heavy (non-hydrogen) atoms. The average molecular weight is 407 g/mol. The second kappa shape index (κ2) is 9.46. The first-order chi connectivity index (χ1) is 12.3. The molecular formula is C20H23BrO4. The van der Waals surface area contributed by atoms with Gasteiger partial charge < -0.3 is 19.3 Å². The lowest BCUT2D eigenvalue weighted by atomic mass is 10.1. The van der Waals surface area contributed by atoms with Crippen molar-refractivity contribution in [2.45, 2.75) is 37.6 Å². The van der Waals surface area contributed by atoms with Crippen LogP contribution in [0, 0.1) is 0 Å². The summed E-state index contributed by atoms with van der Waals surface area (Å²) in [5.41, 5.74) is 2.19. The minimum absolute atomic E-state index is 0.0891. The zero-order valence-corrected chi connectivity index (χ0v) is 15.5. The molecule has 1 heterocycles. The Bertz CT molecular complexity index is 567. The van der Waals surface area contributed by atoms with Gasteiger partial charge in [0, 0.05) is 5.33 Å². The van der Waals surface area contributed by atoms with Crippen molar-refractivity contribution in [2.75, 3.05) is 11.9 Å². The predicted molar refractivity (Wildman–Crippen MR) is 99.6 cm³/mol. The highest BCUT2D eigenvalue weighted by atomic mass is 79.9. The summed E-state index contributed by atoms with van der Waals surface area (Å²) in [5.74, 6) is 0. The highest BCUT2D eigenvalue weighted by Gasteiger charge is 2.45. The van der Waals surface area contributed by atoms with Crippen LogP contribution in [-0.2, 0) is 27.4 Å². The lowest BCUT2D eigenvalue weighted by Crippen LogP contribution is -2.39. The van der Waals surface area contributed by atoms with E-state index in [-0.39, 0.29) is 31.0 Å². The van der Waals surface area contributed by atoms with Crippen molar-refractivity contribution in [3.8, 4) is 0 Å². The number of aliphatic hydroxyl groups excluding tert-OH is 1. The number of hydrogen-bond acceptors (Lipinski definition) is 4. The third-order valence-corrected chi connectivity index (χ3v) is 4.95. The van der Waals surface area contributed by atoms with Crippen LogP contribution in [0.2, 0.25) is 0 Å². The van der Waals surface area contributed by atoms with Crippen LogP contribution in [-0.4, -0.2) is 41.5 Å². The topological polar surface area (TPSA) is 47.9 Å². The van der Waals surface area contributed by atoms with Crippen LogP contribution >= 0.6 is 15.9 Å². The van der Waals surface area contributed by atoms with Gasteiger partial charge in [0.15, 0.2) is 0 Å². The maximum absolute atomic E-state index is 9.67. The van der Waals surface area contributed by atoms with Crippen molar-refractivity contribution < 1.29 is 19.3 Å². The molecule has 1 aliphatic heterocycles. The van der Waals surface area contributed by atoms with Crippen molar-refractivity contribution >= 4 is 15.9 Å². The summed E-state index contributed by atoms with van der Waals surface area (Å²) in [4.78, 5) is 0. The quantitative estimate of drug-likeness (QED) is 0.683. The van der Waals surface area contributed by atoms with Gasteiger partial charge in [-0.1, -0.05) is 76.6 Å². The van der Waals surface area contributed by atoms with Crippen molar-refractivity contribution in [1.82, 2.24) is 0 Å². The highest BCUT2D eigenvalue weighted by molar-refractivity contribution is 9.09. The largest absolute Gasteiger partial charge is 0.394 e. The van der Waals surface area contributed by atoms with E-state index in [9.17, 15) is 5.11 Å². The number of hydrogen-bond donors (Lipinski definition) is 1. The fourth-order valence-corrected chi connectivity index (χ4v) is 3.53. The minimum Gasteiger partial charge on any atom is -0.394 e. The van der Waals surface area contributed by atoms with E-state index in [1.54, 1.807) is 0 Å². The van der Waals surface area contributed by atoms with Crippen molar-refractivity contribution in [2.24, 2.45) is 0 Å². The van der Waals surface area contributed by atoms with E-state index in [1.165, 1.54) is 0 Å². The number of rotatable bonds is 8. The van der Waals surface area contributed by atoms with E-state index in [0.717, 1.165) is 11.1 Å². The molecular weight excluding hydrogens is 384 g/mol. The van der Waals surface area contributed by atoms with E-state index in [4.69, 9.17) is 14.2 Å². The van der Waals surface area contributed by atoms with E-state index in [2.05, 4.69) is 15.9 Å². The molecule has 5 heteroatoms. The van der Waals surface area contributed by atoms with Gasteiger partial charge in [-0.15, -0.1) is 0 Å². The zero-order chi connectivity index (χ0) is 17.5. The molecule has 2 aromatic carbocycles. The first-order valence-corrected chi connectivity index (χ1v) is 9.57. The molecule has 4 nitrogen and oxygen atoms in total. The van der Waals surface area contributed by atoms with Crippen LogP contribution in [0.1, 0.15) is 11.1 Å². The Morgan fingerprint density at radius 1 is 0.800 bits per heavy atom. The SMILES string of the molecule is OC[C@H]1O[C@H](CBr)[C@@H](OCc2ccccc2)[C@@H]1OCc1ccccc1. The molecule has 1 aliphatic rings. The van der Waals surface area contributed by atoms with Crippen LogP contribution < -0.4 is 0 Å². The molecule has 0 spiro atoms. The van der Waals surface area contributed by atoms with Crippen molar-refractivity contribution in [3.05, 3.63) is 71.8 Å². The van der Waals surface area contributed by atoms with E-state index in [0.29, 0.717) is 18.5 Å². The van der Waals surface area contributed by atoms with Gasteiger partial charge in [-0.3, -0.25) is 0 Å². The molecule has 0 aliphatic carbocycles. The van der Waals surface area contributed by atoms with E-state index < -0.39 is 0 Å². The molecule has 0 bridgehead atoms. The number of ether oxygens (including phenoxy) is 3. The van der Waals surface area contributed by atoms with Crippen LogP contribution in [0.4, 0.5) is 0 Å². The maximum Gasteiger partial charge on any atom is 0.115 e. The molecule has 0 radical (unpaired) electrons. The molecule has 0 aromatic heterocycles. The van der Waals surface area contributed by atoms with Crippen LogP contribution in [0.3, 0.4) is 0 Å². The summed E-state index contributed by atoms with van der Waals surface area (Å²) >= 11 is 3.48. The second-order valence-corrected chi connectivity index (χ2v) is 6.72. The lowest BCUT2D eigenvalue weighted by molar-refractivity contribution is -0.0826. The molecule has 0 unspecified atom stereocenters. The monoisotopic (exact) mass is 406 g/mol. The Morgan fingerprint density at radius 3 is 1.72 bits per heavy atom. The summed E-state index contributed by atoms with van der Waals surface area (Å²) in [6.07, 6.45) is -1.08. The molecule has 134 valence electrons. The van der Waals surface area contributed by atoms with Gasteiger partial charge in [0.05, 0.1) is 25.9 Å². The Hall–Kier alpha value is -1.24. The van der Waals surface area contributed by atoms with Gasteiger partial charge in [0.2, 0.25) is 0 Å². The average Bonchev–Trinajstić information content (AvgIpc) is 3.03. The fourth-order valence-electron chi connectivity index (χ4n) is 3.01. The zero-order valence-electron chi connectivity index (χ0n) is 14.0. The number of alkyl halides is 1. The van der Waals surface area contributed by atoms with Crippen molar-refractivity contribution in [3.63, 3.8) is 0 Å². The van der Waals surface area contributed by atoms with E-state index >= 15 is 0 Å². The molecule has 0 amide bonds. The molecule has 1 saturated heterocycles. The van der Waals surface area contributed by atoms with Gasteiger partial charge in [-0.05, 0) is 11.1 Å². The standard InChI is InChI=1S/C20H23BrO4/c21-11-17-19(23-13-15-7-3-1-4-8-15)20(18(12-22)25-17)24-14-16-9-5-2-6-10-16/h1-10,17-20,22H,11-14H2/t17-,18-,19-,20-/m1/s1. The molecule has 1 N–H and O–H groups in total. The molecule has 0 saturated carbocycles. The van der Waals surface area contributed by atoms with Gasteiger partial charge in [-0.2, -0.15) is 0 Å². The van der Waals surface area contributed by atoms with Gasteiger partial charge >= 0.3 is 0 Å². The van der Waals surface area contributed by atoms with Crippen LogP contribution in [0.25, 0.3) is 0 Å². The fraction of sp³-hybridized carbons (Fsp3) is 0.400. The minimum atomic E-state index is -0.382. The number of benzene rings is 2. The van der Waals surface area contributed by atoms with E-state index in [1.807, 2.05) is 60.7 Å². The highest BCUT2D eigenvalue weighted by Crippen LogP contribution is 2.29. The van der Waals surface area contributed by atoms with Crippen LogP contribution in [0.5, 0.6) is 0 Å². The number of halogens is 1. The first-order valence-electron chi connectivity index (χ1n) is 8.45. The van der Waals surface area contributed by atoms with Gasteiger partial charge in [0.25, 0.3) is 0 Å². The number of aliphatic hydroxyl groups is 1. The van der Waals surface area contributed by atoms with Gasteiger partial charge in [0.1, 0.15) is 18.3 Å². The molecule has 2 aromatic rings. The second-order valence-electron chi connectivity index (χ2n) is 6.07. The molecule has 4 atom stereocenters. The summed E-state index contributed by atoms with van der Waals surface area (Å²) in [7, 11) is 0. The van der Waals surface area contributed by atoms with Crippen LogP contribution in [0.15, 0.2) is 60.7 Å². The summed E-state index contributed by atoms with van der Waals surface area (Å²) in [6.45, 7) is 0.863. The molecule has 1 fully saturated rings. The Kier molecular flexibility index (Phi) is 7.02. The maximum atomic E-state index is 9.67. The normalized spacial score (nSPS) is 26.0.